The summed E-state index contributed by atoms with van der Waals surface area (Å²) in [6, 6.07) is 0. The van der Waals surface area contributed by atoms with E-state index in [1.54, 1.807) is 6.26 Å². The molecule has 9 heavy (non-hydrogen) atoms. The quantitative estimate of drug-likeness (QED) is 0.508. The molecule has 48 valence electrons. The molecule has 2 heteroatoms. The van der Waals surface area contributed by atoms with Crippen molar-refractivity contribution in [3.63, 3.8) is 0 Å². The van der Waals surface area contributed by atoms with Crippen LogP contribution in [-0.2, 0) is 4.74 Å². The predicted molar refractivity (Wildman–Crippen MR) is 39.2 cm³/mol. The summed E-state index contributed by atoms with van der Waals surface area (Å²) in [5.41, 5.74) is 1.49. The highest BCUT2D eigenvalue weighted by Crippen LogP contribution is 2.34. The Balaban J connectivity index is 2.28. The summed E-state index contributed by atoms with van der Waals surface area (Å²) < 4.78 is 5.13. The van der Waals surface area contributed by atoms with Crippen molar-refractivity contribution in [1.82, 2.24) is 0 Å². The molecule has 2 aliphatic heterocycles. The third-order valence-electron chi connectivity index (χ3n) is 1.58. The van der Waals surface area contributed by atoms with Gasteiger partial charge < -0.3 is 4.74 Å². The Kier molecular flexibility index (Phi) is 1.27. The van der Waals surface area contributed by atoms with Crippen molar-refractivity contribution in [2.75, 3.05) is 12.4 Å². The zero-order chi connectivity index (χ0) is 6.10. The van der Waals surface area contributed by atoms with Crippen molar-refractivity contribution in [3.8, 4) is 0 Å². The van der Waals surface area contributed by atoms with Crippen molar-refractivity contribution >= 4 is 11.8 Å². The fourth-order valence-corrected chi connectivity index (χ4v) is 2.16. The average Bonchev–Trinajstić information content (AvgIpc) is 2.33. The first-order chi connectivity index (χ1) is 4.47. The molecule has 0 N–H and O–H groups in total. The molecular formula is C7H8OS. The van der Waals surface area contributed by atoms with Gasteiger partial charge in [0.1, 0.15) is 6.61 Å². The molecule has 0 bridgehead atoms. The third-order valence-corrected chi connectivity index (χ3v) is 2.73. The normalized spacial score (nSPS) is 24.0. The molecule has 0 fully saturated rings. The van der Waals surface area contributed by atoms with Crippen molar-refractivity contribution in [3.05, 3.63) is 22.8 Å². The molecule has 0 radical (unpaired) electrons. The SMILES string of the molecule is C1=CC2=C(CCS2)CO1. The molecule has 0 atom stereocenters. The minimum Gasteiger partial charge on any atom is -0.497 e. The molecule has 0 unspecified atom stereocenters. The summed E-state index contributed by atoms with van der Waals surface area (Å²) in [6.45, 7) is 0.832. The number of rotatable bonds is 0. The maximum absolute atomic E-state index is 5.13. The van der Waals surface area contributed by atoms with E-state index in [4.69, 9.17) is 4.74 Å². The van der Waals surface area contributed by atoms with Gasteiger partial charge in [-0.2, -0.15) is 0 Å². The second kappa shape index (κ2) is 2.10. The van der Waals surface area contributed by atoms with Gasteiger partial charge in [-0.25, -0.2) is 0 Å². The van der Waals surface area contributed by atoms with E-state index in [9.17, 15) is 0 Å². The monoisotopic (exact) mass is 140 g/mol. The summed E-state index contributed by atoms with van der Waals surface area (Å²) in [6.07, 6.45) is 5.08. The molecule has 1 nitrogen and oxygen atoms in total. The van der Waals surface area contributed by atoms with Crippen LogP contribution in [0.5, 0.6) is 0 Å². The average molecular weight is 140 g/mol. The van der Waals surface area contributed by atoms with E-state index < -0.39 is 0 Å². The number of allylic oxidation sites excluding steroid dienone is 1. The largest absolute Gasteiger partial charge is 0.497 e. The topological polar surface area (TPSA) is 9.23 Å². The van der Waals surface area contributed by atoms with Gasteiger partial charge in [-0.1, -0.05) is 0 Å². The second-order valence-electron chi connectivity index (χ2n) is 2.18. The molecule has 0 amide bonds. The van der Waals surface area contributed by atoms with Crippen LogP contribution < -0.4 is 0 Å². The van der Waals surface area contributed by atoms with E-state index in [1.807, 2.05) is 11.8 Å². The second-order valence-corrected chi connectivity index (χ2v) is 3.32. The Morgan fingerprint density at radius 2 is 2.56 bits per heavy atom. The Bertz CT molecular complexity index is 181. The lowest BCUT2D eigenvalue weighted by Crippen LogP contribution is -1.96. The maximum Gasteiger partial charge on any atom is 0.110 e. The molecule has 0 saturated carbocycles. The lowest BCUT2D eigenvalue weighted by molar-refractivity contribution is 0.273. The van der Waals surface area contributed by atoms with Crippen LogP contribution >= 0.6 is 11.8 Å². The molecule has 0 aliphatic carbocycles. The zero-order valence-electron chi connectivity index (χ0n) is 5.09. The summed E-state index contributed by atoms with van der Waals surface area (Å²) in [7, 11) is 0. The van der Waals surface area contributed by atoms with Crippen molar-refractivity contribution in [1.29, 1.82) is 0 Å². The van der Waals surface area contributed by atoms with Gasteiger partial charge in [-0.05, 0) is 18.1 Å². The third kappa shape index (κ3) is 0.874. The Morgan fingerprint density at radius 3 is 3.44 bits per heavy atom. The van der Waals surface area contributed by atoms with Crippen LogP contribution in [0, 0.1) is 0 Å². The molecule has 0 aromatic heterocycles. The standard InChI is InChI=1S/C7H8OS/c1-3-8-5-6-2-4-9-7(1)6/h1,3H,2,4-5H2. The molecular weight excluding hydrogens is 132 g/mol. The van der Waals surface area contributed by atoms with E-state index in [0.717, 1.165) is 6.61 Å². The number of hydrogen-bond acceptors (Lipinski definition) is 2. The molecule has 2 rings (SSSR count). The predicted octanol–water partition coefficient (Wildman–Crippen LogP) is 1.92. The van der Waals surface area contributed by atoms with Crippen LogP contribution in [-0.4, -0.2) is 12.4 Å². The summed E-state index contributed by atoms with van der Waals surface area (Å²) >= 11 is 1.94. The summed E-state index contributed by atoms with van der Waals surface area (Å²) in [4.78, 5) is 1.45. The molecule has 2 heterocycles. The Labute approximate surface area is 58.8 Å². The highest BCUT2D eigenvalue weighted by Gasteiger charge is 2.14. The lowest BCUT2D eigenvalue weighted by Gasteiger charge is -2.07. The van der Waals surface area contributed by atoms with Crippen molar-refractivity contribution < 1.29 is 4.74 Å². The molecule has 0 aromatic carbocycles. The first kappa shape index (κ1) is 5.42. The van der Waals surface area contributed by atoms with Gasteiger partial charge in [-0.3, -0.25) is 0 Å². The number of ether oxygens (including phenoxy) is 1. The highest BCUT2D eigenvalue weighted by atomic mass is 32.2. The van der Waals surface area contributed by atoms with Gasteiger partial charge in [0.05, 0.1) is 6.26 Å². The summed E-state index contributed by atoms with van der Waals surface area (Å²) in [5, 5.41) is 0. The minimum absolute atomic E-state index is 0.832. The van der Waals surface area contributed by atoms with E-state index in [-0.39, 0.29) is 0 Å². The van der Waals surface area contributed by atoms with Crippen molar-refractivity contribution in [2.24, 2.45) is 0 Å². The number of thioether (sulfide) groups is 1. The van der Waals surface area contributed by atoms with Crippen LogP contribution in [0.2, 0.25) is 0 Å². The van der Waals surface area contributed by atoms with Crippen molar-refractivity contribution in [2.45, 2.75) is 6.42 Å². The van der Waals surface area contributed by atoms with Gasteiger partial charge in [0.2, 0.25) is 0 Å². The maximum atomic E-state index is 5.13. The number of hydrogen-bond donors (Lipinski definition) is 0. The van der Waals surface area contributed by atoms with Crippen LogP contribution in [0.4, 0.5) is 0 Å². The van der Waals surface area contributed by atoms with Gasteiger partial charge in [0.25, 0.3) is 0 Å². The molecule has 0 spiro atoms. The fourth-order valence-electron chi connectivity index (χ4n) is 1.08. The van der Waals surface area contributed by atoms with E-state index in [2.05, 4.69) is 6.08 Å². The lowest BCUT2D eigenvalue weighted by atomic mass is 10.2. The van der Waals surface area contributed by atoms with Gasteiger partial charge in [0.15, 0.2) is 0 Å². The molecule has 0 saturated heterocycles. The molecule has 2 aliphatic rings. The fraction of sp³-hybridized carbons (Fsp3) is 0.429. The Hall–Kier alpha value is -0.370. The Morgan fingerprint density at radius 1 is 1.56 bits per heavy atom. The van der Waals surface area contributed by atoms with Gasteiger partial charge in [-0.15, -0.1) is 11.8 Å². The summed E-state index contributed by atoms with van der Waals surface area (Å²) in [5.74, 6) is 1.25. The van der Waals surface area contributed by atoms with Crippen LogP contribution in [0.1, 0.15) is 6.42 Å². The highest BCUT2D eigenvalue weighted by molar-refractivity contribution is 8.03. The first-order valence-corrected chi connectivity index (χ1v) is 4.08. The van der Waals surface area contributed by atoms with Gasteiger partial charge in [0, 0.05) is 10.7 Å². The van der Waals surface area contributed by atoms with E-state index >= 15 is 0 Å². The van der Waals surface area contributed by atoms with Crippen LogP contribution in [0.3, 0.4) is 0 Å². The zero-order valence-corrected chi connectivity index (χ0v) is 5.91. The van der Waals surface area contributed by atoms with Gasteiger partial charge >= 0.3 is 0 Å². The first-order valence-electron chi connectivity index (χ1n) is 3.10. The smallest absolute Gasteiger partial charge is 0.110 e. The van der Waals surface area contributed by atoms with Crippen LogP contribution in [0.25, 0.3) is 0 Å². The molecule has 0 aromatic rings. The minimum atomic E-state index is 0.832. The van der Waals surface area contributed by atoms with E-state index in [1.165, 1.54) is 22.7 Å². The van der Waals surface area contributed by atoms with Crippen LogP contribution in [0.15, 0.2) is 22.8 Å². The van der Waals surface area contributed by atoms with E-state index in [0.29, 0.717) is 0 Å².